The van der Waals surface area contributed by atoms with Crippen LogP contribution in [0.15, 0.2) is 41.4 Å². The number of amides is 2. The third-order valence-electron chi connectivity index (χ3n) is 6.93. The summed E-state index contributed by atoms with van der Waals surface area (Å²) in [7, 11) is 0. The van der Waals surface area contributed by atoms with Crippen LogP contribution in [0, 0.1) is 0 Å². The minimum atomic E-state index is -3.67. The molecule has 2 unspecified atom stereocenters. The van der Waals surface area contributed by atoms with Crippen molar-refractivity contribution in [2.24, 2.45) is 10.7 Å². The van der Waals surface area contributed by atoms with Gasteiger partial charge in [0.1, 0.15) is 11.5 Å². The molecule has 0 spiro atoms. The van der Waals surface area contributed by atoms with Gasteiger partial charge in [-0.1, -0.05) is 32.4 Å². The number of halogens is 3. The summed E-state index contributed by atoms with van der Waals surface area (Å²) in [5.41, 5.74) is 9.71. The van der Waals surface area contributed by atoms with Gasteiger partial charge in [0, 0.05) is 29.5 Å². The quantitative estimate of drug-likeness (QED) is 0.478. The normalized spacial score (nSPS) is 20.2. The van der Waals surface area contributed by atoms with Gasteiger partial charge in [-0.15, -0.1) is 0 Å². The van der Waals surface area contributed by atoms with E-state index in [9.17, 15) is 22.8 Å². The molecule has 0 saturated carbocycles. The van der Waals surface area contributed by atoms with E-state index in [4.69, 9.17) is 15.2 Å². The molecule has 224 valence electrons. The van der Waals surface area contributed by atoms with Crippen molar-refractivity contribution in [3.05, 3.63) is 58.7 Å². The van der Waals surface area contributed by atoms with Crippen LogP contribution in [0.1, 0.15) is 86.0 Å². The molecule has 4 aliphatic heterocycles. The first-order valence-corrected chi connectivity index (χ1v) is 14.1. The van der Waals surface area contributed by atoms with E-state index in [1.54, 1.807) is 18.2 Å². The SMILES string of the molecule is CC.CCOc1ccc2cc1CN1C(=O)CC(CCCCc3ccc4c(c3)C(CCO4)NC2=O)N=C1N.FC(F)F. The molecule has 4 heterocycles. The summed E-state index contributed by atoms with van der Waals surface area (Å²) in [5.74, 6) is 1.46. The molecule has 0 aliphatic carbocycles. The number of carbonyl (C=O) groups is 2. The second-order valence-electron chi connectivity index (χ2n) is 9.61. The monoisotopic (exact) mass is 576 g/mol. The van der Waals surface area contributed by atoms with Gasteiger partial charge in [-0.2, -0.15) is 13.2 Å². The molecule has 2 aromatic carbocycles. The largest absolute Gasteiger partial charge is 0.494 e. The topological polar surface area (TPSA) is 106 Å². The van der Waals surface area contributed by atoms with E-state index in [0.29, 0.717) is 37.4 Å². The van der Waals surface area contributed by atoms with Gasteiger partial charge in [-0.25, -0.2) is 4.99 Å². The molecule has 6 rings (SSSR count). The van der Waals surface area contributed by atoms with Crippen LogP contribution in [0.2, 0.25) is 0 Å². The Labute approximate surface area is 239 Å². The maximum atomic E-state index is 13.3. The van der Waals surface area contributed by atoms with Crippen LogP contribution in [0.25, 0.3) is 0 Å². The fourth-order valence-electron chi connectivity index (χ4n) is 5.09. The lowest BCUT2D eigenvalue weighted by atomic mass is 9.95. The van der Waals surface area contributed by atoms with Gasteiger partial charge in [0.15, 0.2) is 5.96 Å². The summed E-state index contributed by atoms with van der Waals surface area (Å²) in [4.78, 5) is 32.4. The highest BCUT2D eigenvalue weighted by molar-refractivity contribution is 5.99. The van der Waals surface area contributed by atoms with Crippen molar-refractivity contribution in [1.82, 2.24) is 10.2 Å². The number of nitrogens with one attached hydrogen (secondary N) is 1. The second kappa shape index (κ2) is 15.3. The highest BCUT2D eigenvalue weighted by atomic mass is 19.4. The molecule has 0 fully saturated rings. The second-order valence-corrected chi connectivity index (χ2v) is 9.61. The van der Waals surface area contributed by atoms with Gasteiger partial charge in [0.25, 0.3) is 5.91 Å². The molecule has 2 amide bonds. The highest BCUT2D eigenvalue weighted by Gasteiger charge is 2.29. The maximum absolute atomic E-state index is 13.3. The number of benzene rings is 2. The predicted molar refractivity (Wildman–Crippen MR) is 151 cm³/mol. The number of nitrogens with two attached hydrogens (primary N) is 1. The summed E-state index contributed by atoms with van der Waals surface area (Å²) in [6.45, 7) is 3.47. The van der Waals surface area contributed by atoms with E-state index in [0.717, 1.165) is 42.6 Å². The van der Waals surface area contributed by atoms with E-state index in [1.807, 2.05) is 26.8 Å². The van der Waals surface area contributed by atoms with Crippen molar-refractivity contribution < 1.29 is 32.2 Å². The van der Waals surface area contributed by atoms with Crippen LogP contribution in [-0.4, -0.2) is 48.6 Å². The zero-order valence-electron chi connectivity index (χ0n) is 23.8. The molecule has 0 aromatic heterocycles. The average Bonchev–Trinajstić information content (AvgIpc) is 2.94. The van der Waals surface area contributed by atoms with Crippen molar-refractivity contribution in [1.29, 1.82) is 0 Å². The third-order valence-corrected chi connectivity index (χ3v) is 6.93. The van der Waals surface area contributed by atoms with Gasteiger partial charge in [-0.3, -0.25) is 14.5 Å². The standard InChI is InChI=1S/C27H32N4O4.C2H6.CHF3/c1-2-34-23-10-8-18-14-19(23)16-31-25(32)15-20(29-27(31)28)6-4-3-5-17-7-9-24-21(13-17)22(11-12-35-24)30-26(18)33;1-2;2-1(3)4/h7-10,13-14,20,22H,2-6,11-12,15-16H2,1H3,(H2,28,29)(H,30,33);1-2H3;1H. The Morgan fingerprint density at radius 1 is 1.12 bits per heavy atom. The van der Waals surface area contributed by atoms with Gasteiger partial charge in [-0.05, 0) is 56.0 Å². The number of nitrogens with zero attached hydrogens (tertiary/aromatic N) is 2. The molecule has 6 bridgehead atoms. The molecular formula is C30H39F3N4O4. The van der Waals surface area contributed by atoms with Crippen molar-refractivity contribution in [2.75, 3.05) is 13.2 Å². The number of guanidine groups is 1. The molecule has 0 saturated heterocycles. The van der Waals surface area contributed by atoms with Gasteiger partial charge in [0.05, 0.1) is 31.8 Å². The average molecular weight is 577 g/mol. The Balaban J connectivity index is 0.000000710. The lowest BCUT2D eigenvalue weighted by molar-refractivity contribution is -0.129. The summed E-state index contributed by atoms with van der Waals surface area (Å²) in [6.07, 6.45) is 4.74. The number of aryl methyl sites for hydroxylation is 1. The van der Waals surface area contributed by atoms with Gasteiger partial charge in [0.2, 0.25) is 5.91 Å². The molecule has 2 atom stereocenters. The Kier molecular flexibility index (Phi) is 11.9. The lowest BCUT2D eigenvalue weighted by Gasteiger charge is -2.30. The maximum Gasteiger partial charge on any atom is 0.379 e. The zero-order valence-corrected chi connectivity index (χ0v) is 23.8. The third kappa shape index (κ3) is 8.61. The van der Waals surface area contributed by atoms with Crippen molar-refractivity contribution >= 4 is 17.8 Å². The van der Waals surface area contributed by atoms with E-state index in [-0.39, 0.29) is 36.4 Å². The van der Waals surface area contributed by atoms with E-state index in [1.165, 1.54) is 10.5 Å². The summed E-state index contributed by atoms with van der Waals surface area (Å²) >= 11 is 0. The summed E-state index contributed by atoms with van der Waals surface area (Å²) in [5, 5.41) is 3.19. The van der Waals surface area contributed by atoms with Crippen LogP contribution in [-0.2, 0) is 17.8 Å². The molecule has 8 nitrogen and oxygen atoms in total. The number of alkyl halides is 3. The zero-order chi connectivity index (χ0) is 29.9. The smallest absolute Gasteiger partial charge is 0.379 e. The van der Waals surface area contributed by atoms with Crippen molar-refractivity contribution in [2.45, 2.75) is 84.6 Å². The fraction of sp³-hybridized carbons (Fsp3) is 0.500. The van der Waals surface area contributed by atoms with Crippen LogP contribution < -0.4 is 20.5 Å². The number of carbonyl (C=O) groups excluding carboxylic acids is 2. The van der Waals surface area contributed by atoms with Gasteiger partial charge >= 0.3 is 6.68 Å². The number of hydrogen-bond acceptors (Lipinski definition) is 6. The number of aliphatic imine (C=N–C) groups is 1. The summed E-state index contributed by atoms with van der Waals surface area (Å²) in [6, 6.07) is 11.4. The van der Waals surface area contributed by atoms with Crippen LogP contribution >= 0.6 is 0 Å². The Morgan fingerprint density at radius 3 is 2.59 bits per heavy atom. The number of ether oxygens (including phenoxy) is 2. The molecule has 11 heteroatoms. The summed E-state index contributed by atoms with van der Waals surface area (Å²) < 4.78 is 40.7. The van der Waals surface area contributed by atoms with E-state index < -0.39 is 6.68 Å². The molecule has 0 radical (unpaired) electrons. The molecule has 2 aromatic rings. The first kappa shape index (κ1) is 31.8. The number of hydrogen-bond donors (Lipinski definition) is 2. The lowest BCUT2D eigenvalue weighted by Crippen LogP contribution is -2.46. The first-order chi connectivity index (χ1) is 19.7. The van der Waals surface area contributed by atoms with Crippen LogP contribution in [0.4, 0.5) is 13.2 Å². The number of fused-ring (bicyclic) bond motifs is 5. The molecule has 41 heavy (non-hydrogen) atoms. The number of rotatable bonds is 2. The minimum absolute atomic E-state index is 0.0524. The van der Waals surface area contributed by atoms with Crippen LogP contribution in [0.5, 0.6) is 11.5 Å². The fourth-order valence-corrected chi connectivity index (χ4v) is 5.09. The minimum Gasteiger partial charge on any atom is -0.494 e. The first-order valence-electron chi connectivity index (χ1n) is 14.1. The Bertz CT molecular complexity index is 1220. The predicted octanol–water partition coefficient (Wildman–Crippen LogP) is 5.69. The Hall–Kier alpha value is -3.76. The van der Waals surface area contributed by atoms with Crippen molar-refractivity contribution in [3.8, 4) is 11.5 Å². The molecule has 3 N–H and O–H groups in total. The molecule has 4 aliphatic rings. The van der Waals surface area contributed by atoms with Crippen LogP contribution in [0.3, 0.4) is 0 Å². The van der Waals surface area contributed by atoms with E-state index in [2.05, 4.69) is 22.4 Å². The van der Waals surface area contributed by atoms with Crippen molar-refractivity contribution in [3.63, 3.8) is 0 Å². The van der Waals surface area contributed by atoms with E-state index >= 15 is 0 Å². The molecular weight excluding hydrogens is 537 g/mol. The highest BCUT2D eigenvalue weighted by Crippen LogP contribution is 2.34. The Morgan fingerprint density at radius 2 is 1.88 bits per heavy atom. The van der Waals surface area contributed by atoms with Gasteiger partial charge < -0.3 is 20.5 Å².